The summed E-state index contributed by atoms with van der Waals surface area (Å²) in [5, 5.41) is 19.9. The van der Waals surface area contributed by atoms with Crippen LogP contribution < -0.4 is 0 Å². The number of quaternary nitrogens is 1. The van der Waals surface area contributed by atoms with Gasteiger partial charge in [-0.05, 0) is 32.1 Å². The molecule has 0 saturated heterocycles. The number of carbonyl (C=O) groups is 1. The molecule has 136 valence electrons. The van der Waals surface area contributed by atoms with E-state index >= 15 is 0 Å². The fourth-order valence-electron chi connectivity index (χ4n) is 3.41. The summed E-state index contributed by atoms with van der Waals surface area (Å²) in [6, 6.07) is 0. The van der Waals surface area contributed by atoms with Crippen LogP contribution in [0.3, 0.4) is 0 Å². The zero-order valence-corrected chi connectivity index (χ0v) is 15.6. The largest absolute Gasteiger partial charge is 0.481 e. The first kappa shape index (κ1) is 22.1. The van der Waals surface area contributed by atoms with E-state index in [0.717, 1.165) is 43.3 Å². The minimum atomic E-state index is -0.709. The molecule has 23 heavy (non-hydrogen) atoms. The van der Waals surface area contributed by atoms with E-state index in [1.54, 1.807) is 0 Å². The predicted octanol–water partition coefficient (Wildman–Crippen LogP) is 3.84. The van der Waals surface area contributed by atoms with Gasteiger partial charge in [-0.1, -0.05) is 46.3 Å². The number of nitrogens with zero attached hydrogens (tertiary/aromatic N) is 1. The summed E-state index contributed by atoms with van der Waals surface area (Å²) in [5.41, 5.74) is 0. The van der Waals surface area contributed by atoms with E-state index in [2.05, 4.69) is 32.9 Å². The highest BCUT2D eigenvalue weighted by atomic mass is 16.4. The lowest BCUT2D eigenvalue weighted by molar-refractivity contribution is -0.933. The second-order valence-electron chi connectivity index (χ2n) is 6.75. The predicted molar refractivity (Wildman–Crippen MR) is 96.4 cm³/mol. The van der Waals surface area contributed by atoms with Crippen molar-refractivity contribution in [1.29, 1.82) is 0 Å². The number of carboxylic acid groups (broad SMARTS) is 1. The summed E-state index contributed by atoms with van der Waals surface area (Å²) < 4.78 is 0.723. The Hall–Kier alpha value is -0.870. The molecule has 0 aliphatic carbocycles. The van der Waals surface area contributed by atoms with Gasteiger partial charge in [0.2, 0.25) is 0 Å². The third kappa shape index (κ3) is 9.11. The number of aliphatic hydroxyl groups excluding tert-OH is 1. The van der Waals surface area contributed by atoms with Crippen LogP contribution in [0.25, 0.3) is 0 Å². The van der Waals surface area contributed by atoms with Crippen molar-refractivity contribution in [3.05, 3.63) is 12.2 Å². The van der Waals surface area contributed by atoms with Crippen LogP contribution in [0.2, 0.25) is 0 Å². The zero-order chi connectivity index (χ0) is 17.7. The molecule has 0 fully saturated rings. The van der Waals surface area contributed by atoms with Gasteiger partial charge >= 0.3 is 5.97 Å². The quantitative estimate of drug-likeness (QED) is 0.376. The Morgan fingerprint density at radius 1 is 1.00 bits per heavy atom. The van der Waals surface area contributed by atoms with Crippen molar-refractivity contribution in [3.63, 3.8) is 0 Å². The molecule has 0 amide bonds. The number of allylic oxidation sites excluding steroid dienone is 1. The summed E-state index contributed by atoms with van der Waals surface area (Å²) in [6.07, 6.45) is 9.30. The molecule has 2 N–H and O–H groups in total. The SMILES string of the molecule is CCC/C=C/CC(O)C[N+](CCC)(CCC)CC(CC)C(=O)O. The first-order chi connectivity index (χ1) is 10.9. The molecular formula is C19H38NO3+. The van der Waals surface area contributed by atoms with Gasteiger partial charge in [0.25, 0.3) is 0 Å². The topological polar surface area (TPSA) is 57.5 Å². The van der Waals surface area contributed by atoms with E-state index < -0.39 is 12.1 Å². The first-order valence-electron chi connectivity index (χ1n) is 9.35. The van der Waals surface area contributed by atoms with Crippen LogP contribution in [0.15, 0.2) is 12.2 Å². The monoisotopic (exact) mass is 328 g/mol. The summed E-state index contributed by atoms with van der Waals surface area (Å²) in [4.78, 5) is 11.5. The smallest absolute Gasteiger partial charge is 0.312 e. The molecule has 0 heterocycles. The number of hydrogen-bond donors (Lipinski definition) is 2. The Bertz CT molecular complexity index is 336. The minimum Gasteiger partial charge on any atom is -0.481 e. The van der Waals surface area contributed by atoms with Gasteiger partial charge in [0.15, 0.2) is 0 Å². The lowest BCUT2D eigenvalue weighted by atomic mass is 10.0. The summed E-state index contributed by atoms with van der Waals surface area (Å²) >= 11 is 0. The van der Waals surface area contributed by atoms with Gasteiger partial charge in [0, 0.05) is 0 Å². The summed E-state index contributed by atoms with van der Waals surface area (Å²) in [6.45, 7) is 11.5. The third-order valence-corrected chi connectivity index (χ3v) is 4.47. The van der Waals surface area contributed by atoms with Gasteiger partial charge in [-0.15, -0.1) is 0 Å². The van der Waals surface area contributed by atoms with E-state index in [1.165, 1.54) is 0 Å². The highest BCUT2D eigenvalue weighted by Gasteiger charge is 2.34. The zero-order valence-electron chi connectivity index (χ0n) is 15.6. The van der Waals surface area contributed by atoms with Gasteiger partial charge in [-0.2, -0.15) is 0 Å². The molecule has 0 aromatic heterocycles. The van der Waals surface area contributed by atoms with Gasteiger partial charge < -0.3 is 14.7 Å². The van der Waals surface area contributed by atoms with Crippen molar-refractivity contribution >= 4 is 5.97 Å². The van der Waals surface area contributed by atoms with Crippen LogP contribution in [-0.4, -0.2) is 52.9 Å². The number of carboxylic acids is 1. The van der Waals surface area contributed by atoms with Crippen LogP contribution in [0.4, 0.5) is 0 Å². The van der Waals surface area contributed by atoms with Crippen molar-refractivity contribution < 1.29 is 19.5 Å². The molecular weight excluding hydrogens is 290 g/mol. The normalized spacial score (nSPS) is 15.0. The van der Waals surface area contributed by atoms with Crippen molar-refractivity contribution in [2.75, 3.05) is 26.2 Å². The molecule has 0 radical (unpaired) electrons. The number of hydrogen-bond acceptors (Lipinski definition) is 2. The minimum absolute atomic E-state index is 0.323. The summed E-state index contributed by atoms with van der Waals surface area (Å²) in [7, 11) is 0. The standard InChI is InChI=1S/C19H37NO3/c1-5-9-10-11-12-18(21)16-20(13-6-2,14-7-3)15-17(8-4)19(22)23/h10-11,17-18,21H,5-9,12-16H2,1-4H3/p+1/b11-10+. The maximum atomic E-state index is 11.5. The molecule has 0 spiro atoms. The third-order valence-electron chi connectivity index (χ3n) is 4.47. The maximum Gasteiger partial charge on any atom is 0.312 e. The molecule has 0 rings (SSSR count). The molecule has 2 atom stereocenters. The Labute approximate surface area is 142 Å². The Kier molecular flexibility index (Phi) is 12.1. The highest BCUT2D eigenvalue weighted by Crippen LogP contribution is 2.19. The highest BCUT2D eigenvalue weighted by molar-refractivity contribution is 5.69. The Morgan fingerprint density at radius 3 is 2.04 bits per heavy atom. The van der Waals surface area contributed by atoms with E-state index in [4.69, 9.17) is 0 Å². The first-order valence-corrected chi connectivity index (χ1v) is 9.35. The van der Waals surface area contributed by atoms with Crippen molar-refractivity contribution in [1.82, 2.24) is 0 Å². The molecule has 0 aromatic carbocycles. The fourth-order valence-corrected chi connectivity index (χ4v) is 3.41. The molecule has 0 aromatic rings. The molecule has 0 bridgehead atoms. The van der Waals surface area contributed by atoms with Crippen LogP contribution in [0.1, 0.15) is 66.2 Å². The van der Waals surface area contributed by atoms with Crippen LogP contribution in [0, 0.1) is 5.92 Å². The van der Waals surface area contributed by atoms with Gasteiger partial charge in [-0.3, -0.25) is 4.79 Å². The van der Waals surface area contributed by atoms with Gasteiger partial charge in [0.05, 0.1) is 19.6 Å². The maximum absolute atomic E-state index is 11.5. The molecule has 0 aliphatic heterocycles. The number of unbranched alkanes of at least 4 members (excludes halogenated alkanes) is 1. The average Bonchev–Trinajstić information content (AvgIpc) is 2.49. The van der Waals surface area contributed by atoms with E-state index in [-0.39, 0.29) is 5.92 Å². The number of aliphatic carboxylic acids is 1. The summed E-state index contributed by atoms with van der Waals surface area (Å²) in [5.74, 6) is -1.03. The van der Waals surface area contributed by atoms with Crippen LogP contribution in [-0.2, 0) is 4.79 Å². The lowest BCUT2D eigenvalue weighted by Crippen LogP contribution is -2.56. The van der Waals surface area contributed by atoms with Crippen molar-refractivity contribution in [2.24, 2.45) is 5.92 Å². The second kappa shape index (κ2) is 12.5. The lowest BCUT2D eigenvalue weighted by Gasteiger charge is -2.41. The van der Waals surface area contributed by atoms with Gasteiger partial charge in [-0.25, -0.2) is 0 Å². The van der Waals surface area contributed by atoms with Crippen LogP contribution >= 0.6 is 0 Å². The second-order valence-corrected chi connectivity index (χ2v) is 6.75. The fraction of sp³-hybridized carbons (Fsp3) is 0.842. The van der Waals surface area contributed by atoms with Crippen molar-refractivity contribution in [3.8, 4) is 0 Å². The van der Waals surface area contributed by atoms with E-state index in [9.17, 15) is 15.0 Å². The Morgan fingerprint density at radius 2 is 1.61 bits per heavy atom. The van der Waals surface area contributed by atoms with E-state index in [1.807, 2.05) is 6.92 Å². The molecule has 0 aliphatic rings. The van der Waals surface area contributed by atoms with E-state index in [0.29, 0.717) is 25.9 Å². The number of aliphatic hydroxyl groups is 1. The molecule has 4 heteroatoms. The molecule has 0 saturated carbocycles. The Balaban J connectivity index is 4.97. The van der Waals surface area contributed by atoms with Gasteiger partial charge in [0.1, 0.15) is 18.6 Å². The molecule has 4 nitrogen and oxygen atoms in total. The number of rotatable bonds is 14. The van der Waals surface area contributed by atoms with Crippen LogP contribution in [0.5, 0.6) is 0 Å². The van der Waals surface area contributed by atoms with Crippen molar-refractivity contribution in [2.45, 2.75) is 72.3 Å². The molecule has 2 unspecified atom stereocenters. The average molecular weight is 329 g/mol.